The molecular weight excluding hydrogens is 524 g/mol. The van der Waals surface area contributed by atoms with Crippen molar-refractivity contribution >= 4 is 38.1 Å². The smallest absolute Gasteiger partial charge is 0.264 e. The Balaban J connectivity index is 1.65. The third-order valence-corrected chi connectivity index (χ3v) is 8.35. The van der Waals surface area contributed by atoms with E-state index in [-0.39, 0.29) is 15.8 Å². The molecule has 0 atom stereocenters. The fraction of sp³-hybridized carbons (Fsp3) is 0.222. The lowest BCUT2D eigenvalue weighted by Gasteiger charge is -2.25. The van der Waals surface area contributed by atoms with E-state index in [0.717, 1.165) is 26.6 Å². The van der Waals surface area contributed by atoms with Crippen molar-refractivity contribution in [2.75, 3.05) is 30.4 Å². The molecule has 0 radical (unpaired) electrons. The Kier molecular flexibility index (Phi) is 7.98. The monoisotopic (exact) mass is 552 g/mol. The lowest BCUT2D eigenvalue weighted by atomic mass is 10.1. The fourth-order valence-corrected chi connectivity index (χ4v) is 6.08. The minimum atomic E-state index is -4.17. The minimum absolute atomic E-state index is 0.0420. The highest BCUT2D eigenvalue weighted by Gasteiger charge is 2.29. The number of carbonyl (C=O) groups is 1. The molecule has 1 heterocycles. The number of ether oxygens (including phenoxy) is 2. The molecule has 0 saturated carbocycles. The summed E-state index contributed by atoms with van der Waals surface area (Å²) in [7, 11) is -1.28. The topological polar surface area (TPSA) is 111 Å². The van der Waals surface area contributed by atoms with Gasteiger partial charge in [-0.25, -0.2) is 8.42 Å². The van der Waals surface area contributed by atoms with Crippen LogP contribution in [0.1, 0.15) is 16.7 Å². The van der Waals surface area contributed by atoms with E-state index >= 15 is 0 Å². The number of aryl methyl sites for hydroxylation is 3. The molecule has 0 aliphatic carbocycles. The lowest BCUT2D eigenvalue weighted by Crippen LogP contribution is -2.38. The van der Waals surface area contributed by atoms with Crippen LogP contribution in [0.25, 0.3) is 10.6 Å². The minimum Gasteiger partial charge on any atom is -0.493 e. The van der Waals surface area contributed by atoms with E-state index in [9.17, 15) is 13.2 Å². The maximum absolute atomic E-state index is 13.9. The Hall–Kier alpha value is -3.96. The number of carbonyl (C=O) groups excluding carboxylic acids is 1. The summed E-state index contributed by atoms with van der Waals surface area (Å²) in [5, 5.41) is 11.8. The van der Waals surface area contributed by atoms with Crippen molar-refractivity contribution < 1.29 is 22.7 Å². The van der Waals surface area contributed by atoms with E-state index in [1.165, 1.54) is 43.8 Å². The second-order valence-electron chi connectivity index (χ2n) is 8.70. The largest absolute Gasteiger partial charge is 0.493 e. The average Bonchev–Trinajstić information content (AvgIpc) is 3.34. The molecule has 3 aromatic carbocycles. The Morgan fingerprint density at radius 2 is 1.53 bits per heavy atom. The number of methoxy groups -OCH3 is 2. The molecule has 38 heavy (non-hydrogen) atoms. The molecule has 0 spiro atoms. The zero-order valence-electron chi connectivity index (χ0n) is 21.7. The van der Waals surface area contributed by atoms with Gasteiger partial charge in [-0.15, -0.1) is 10.2 Å². The molecule has 9 nitrogen and oxygen atoms in total. The number of benzene rings is 3. The number of hydrogen-bond acceptors (Lipinski definition) is 8. The van der Waals surface area contributed by atoms with Crippen molar-refractivity contribution in [3.8, 4) is 22.1 Å². The van der Waals surface area contributed by atoms with Gasteiger partial charge in [0.2, 0.25) is 11.0 Å². The van der Waals surface area contributed by atoms with Gasteiger partial charge >= 0.3 is 0 Å². The summed E-state index contributed by atoms with van der Waals surface area (Å²) in [6, 6.07) is 17.5. The summed E-state index contributed by atoms with van der Waals surface area (Å²) < 4.78 is 39.3. The SMILES string of the molecule is COc1ccc(S(=O)(=O)N(CC(=O)Nc2nnc(-c3ccc(C)cc3)s2)c2cc(C)cc(C)c2)cc1OC. The summed E-state index contributed by atoms with van der Waals surface area (Å²) in [4.78, 5) is 13.1. The van der Waals surface area contributed by atoms with E-state index < -0.39 is 22.5 Å². The van der Waals surface area contributed by atoms with Gasteiger partial charge in [-0.2, -0.15) is 0 Å². The molecule has 1 amide bonds. The Morgan fingerprint density at radius 3 is 2.16 bits per heavy atom. The first-order valence-electron chi connectivity index (χ1n) is 11.6. The van der Waals surface area contributed by atoms with Gasteiger partial charge in [0.25, 0.3) is 10.0 Å². The van der Waals surface area contributed by atoms with Crippen LogP contribution in [-0.4, -0.2) is 45.3 Å². The van der Waals surface area contributed by atoms with Crippen molar-refractivity contribution in [2.45, 2.75) is 25.7 Å². The molecule has 11 heteroatoms. The second-order valence-corrected chi connectivity index (χ2v) is 11.5. The number of amides is 1. The zero-order valence-corrected chi connectivity index (χ0v) is 23.3. The third-order valence-electron chi connectivity index (χ3n) is 5.69. The summed E-state index contributed by atoms with van der Waals surface area (Å²) in [6.45, 7) is 5.25. The summed E-state index contributed by atoms with van der Waals surface area (Å²) >= 11 is 1.21. The first-order chi connectivity index (χ1) is 18.1. The lowest BCUT2D eigenvalue weighted by molar-refractivity contribution is -0.114. The van der Waals surface area contributed by atoms with E-state index in [4.69, 9.17) is 9.47 Å². The Bertz CT molecular complexity index is 1550. The second kappa shape index (κ2) is 11.2. The molecule has 4 rings (SSSR count). The molecule has 1 N–H and O–H groups in total. The molecule has 0 saturated heterocycles. The van der Waals surface area contributed by atoms with Crippen molar-refractivity contribution in [1.29, 1.82) is 0 Å². The van der Waals surface area contributed by atoms with Crippen molar-refractivity contribution in [2.24, 2.45) is 0 Å². The molecule has 0 fully saturated rings. The van der Waals surface area contributed by atoms with Gasteiger partial charge in [0.05, 0.1) is 24.8 Å². The number of rotatable bonds is 9. The van der Waals surface area contributed by atoms with Crippen LogP contribution < -0.4 is 19.1 Å². The molecular formula is C27H28N4O5S2. The third kappa shape index (κ3) is 5.95. The van der Waals surface area contributed by atoms with E-state index in [2.05, 4.69) is 15.5 Å². The zero-order chi connectivity index (χ0) is 27.4. The number of aromatic nitrogens is 2. The van der Waals surface area contributed by atoms with Crippen LogP contribution in [0.2, 0.25) is 0 Å². The predicted molar refractivity (Wildman–Crippen MR) is 149 cm³/mol. The van der Waals surface area contributed by atoms with Gasteiger partial charge in [-0.05, 0) is 56.2 Å². The first-order valence-corrected chi connectivity index (χ1v) is 13.9. The molecule has 0 aliphatic rings. The average molecular weight is 553 g/mol. The van der Waals surface area contributed by atoms with Gasteiger partial charge < -0.3 is 9.47 Å². The standard InChI is InChI=1S/C27H28N4O5S2/c1-17-6-8-20(9-7-17)26-29-30-27(37-26)28-25(32)16-31(21-13-18(2)12-19(3)14-21)38(33,34)22-10-11-23(35-4)24(15-22)36-5/h6-15H,16H2,1-5H3,(H,28,30,32). The van der Waals surface area contributed by atoms with Crippen molar-refractivity contribution in [1.82, 2.24) is 10.2 Å². The molecule has 0 aliphatic heterocycles. The Morgan fingerprint density at radius 1 is 0.868 bits per heavy atom. The highest BCUT2D eigenvalue weighted by atomic mass is 32.2. The maximum atomic E-state index is 13.9. The maximum Gasteiger partial charge on any atom is 0.264 e. The molecule has 4 aromatic rings. The molecule has 1 aromatic heterocycles. The number of sulfonamides is 1. The fourth-order valence-electron chi connectivity index (χ4n) is 3.89. The summed E-state index contributed by atoms with van der Waals surface area (Å²) in [6.07, 6.45) is 0. The molecule has 0 unspecified atom stereocenters. The van der Waals surface area contributed by atoms with Crippen LogP contribution in [0.4, 0.5) is 10.8 Å². The van der Waals surface area contributed by atoms with Crippen molar-refractivity contribution in [3.63, 3.8) is 0 Å². The normalized spacial score (nSPS) is 11.2. The van der Waals surface area contributed by atoms with Crippen molar-refractivity contribution in [3.05, 3.63) is 77.4 Å². The number of hydrogen-bond donors (Lipinski definition) is 1. The predicted octanol–water partition coefficient (Wildman–Crippen LogP) is 4.98. The number of nitrogens with zero attached hydrogens (tertiary/aromatic N) is 3. The van der Waals surface area contributed by atoms with E-state index in [0.29, 0.717) is 16.4 Å². The quantitative estimate of drug-likeness (QED) is 0.312. The molecule has 0 bridgehead atoms. The van der Waals surface area contributed by atoms with Crippen LogP contribution >= 0.6 is 11.3 Å². The van der Waals surface area contributed by atoms with Gasteiger partial charge in [0.1, 0.15) is 11.6 Å². The van der Waals surface area contributed by atoms with Gasteiger partial charge in [0, 0.05) is 11.6 Å². The van der Waals surface area contributed by atoms with E-state index in [1.54, 1.807) is 12.1 Å². The van der Waals surface area contributed by atoms with Crippen LogP contribution in [0, 0.1) is 20.8 Å². The summed E-state index contributed by atoms with van der Waals surface area (Å²) in [5.41, 5.74) is 4.08. The molecule has 198 valence electrons. The summed E-state index contributed by atoms with van der Waals surface area (Å²) in [5.74, 6) is 0.0958. The van der Waals surface area contributed by atoms with Crippen LogP contribution in [-0.2, 0) is 14.8 Å². The highest BCUT2D eigenvalue weighted by molar-refractivity contribution is 7.92. The van der Waals surface area contributed by atoms with E-state index in [1.807, 2.05) is 51.1 Å². The van der Waals surface area contributed by atoms with Gasteiger partial charge in [-0.1, -0.05) is 47.2 Å². The first kappa shape index (κ1) is 27.1. The number of nitrogens with one attached hydrogen (secondary N) is 1. The number of anilines is 2. The Labute approximate surface area is 226 Å². The van der Waals surface area contributed by atoms with Gasteiger partial charge in [-0.3, -0.25) is 14.4 Å². The van der Waals surface area contributed by atoms with Crippen LogP contribution in [0.15, 0.2) is 65.6 Å². The van der Waals surface area contributed by atoms with Crippen LogP contribution in [0.3, 0.4) is 0 Å². The van der Waals surface area contributed by atoms with Crippen LogP contribution in [0.5, 0.6) is 11.5 Å². The highest BCUT2D eigenvalue weighted by Crippen LogP contribution is 2.33. The van der Waals surface area contributed by atoms with Gasteiger partial charge in [0.15, 0.2) is 11.5 Å².